The number of aryl methyl sites for hydroxylation is 1. The van der Waals surface area contributed by atoms with E-state index < -0.39 is 26.1 Å². The zero-order valence-electron chi connectivity index (χ0n) is 33.9. The van der Waals surface area contributed by atoms with Crippen molar-refractivity contribution in [3.63, 3.8) is 0 Å². The third-order valence-corrected chi connectivity index (χ3v) is 9.69. The fourth-order valence-electron chi connectivity index (χ4n) is 6.17. The zero-order chi connectivity index (χ0) is 41.5. The minimum atomic E-state index is -4.39. The highest BCUT2D eigenvalue weighted by molar-refractivity contribution is 7.47. The Hall–Kier alpha value is -5.16. The molecular weight excluding hydrogens is 745 g/mol. The first kappa shape index (κ1) is 44.6. The van der Waals surface area contributed by atoms with E-state index in [-0.39, 0.29) is 37.1 Å². The molecule has 0 spiro atoms. The van der Waals surface area contributed by atoms with Gasteiger partial charge in [-0.05, 0) is 84.2 Å². The quantitative estimate of drug-likeness (QED) is 0.0447. The molecule has 12 nitrogen and oxygen atoms in total. The smallest absolute Gasteiger partial charge is 0.425 e. The molecule has 0 aliphatic heterocycles. The van der Waals surface area contributed by atoms with Crippen molar-refractivity contribution in [1.82, 2.24) is 0 Å². The average molecular weight is 802 g/mol. The van der Waals surface area contributed by atoms with E-state index in [2.05, 4.69) is 43.2 Å². The maximum Gasteiger partial charge on any atom is 0.527 e. The molecular formula is C44H56N3O9P. The van der Waals surface area contributed by atoms with Gasteiger partial charge in [0.05, 0.1) is 30.8 Å². The van der Waals surface area contributed by atoms with Crippen LogP contribution in [0.3, 0.4) is 0 Å². The van der Waals surface area contributed by atoms with Crippen LogP contribution in [0.1, 0.15) is 82.6 Å². The van der Waals surface area contributed by atoms with Crippen molar-refractivity contribution < 1.29 is 42.4 Å². The normalized spacial score (nSPS) is 13.3. The van der Waals surface area contributed by atoms with Gasteiger partial charge < -0.3 is 29.5 Å². The molecule has 4 rings (SSSR count). The summed E-state index contributed by atoms with van der Waals surface area (Å²) in [5, 5.41) is 5.99. The molecule has 0 aliphatic rings. The number of ether oxygens (including phenoxy) is 2. The van der Waals surface area contributed by atoms with Crippen molar-refractivity contribution in [1.29, 1.82) is 0 Å². The number of hydrogen-bond acceptors (Lipinski definition) is 9. The summed E-state index contributed by atoms with van der Waals surface area (Å²) in [6.45, 7) is 15.6. The molecule has 0 saturated carbocycles. The number of carbonyl (C=O) groups excluding carboxylic acids is 3. The topological polar surface area (TPSA) is 153 Å². The number of phosphoric ester groups is 1. The summed E-state index contributed by atoms with van der Waals surface area (Å²) in [6, 6.07) is 28.1. The lowest BCUT2D eigenvalue weighted by Crippen LogP contribution is -2.32. The van der Waals surface area contributed by atoms with Gasteiger partial charge in [0.25, 0.3) is 0 Å². The first-order chi connectivity index (χ1) is 27.1. The second kappa shape index (κ2) is 21.4. The number of benzene rings is 4. The molecule has 0 saturated heterocycles. The van der Waals surface area contributed by atoms with E-state index in [1.807, 2.05) is 62.4 Å². The molecule has 0 aromatic heterocycles. The first-order valence-electron chi connectivity index (χ1n) is 19.3. The summed E-state index contributed by atoms with van der Waals surface area (Å²) in [5.41, 5.74) is 5.41. The van der Waals surface area contributed by atoms with Crippen molar-refractivity contribution in [2.45, 2.75) is 86.5 Å². The third kappa shape index (κ3) is 15.4. The Kier molecular flexibility index (Phi) is 16.7. The van der Waals surface area contributed by atoms with Crippen LogP contribution in [0.15, 0.2) is 97.1 Å². The van der Waals surface area contributed by atoms with Crippen LogP contribution in [-0.2, 0) is 41.2 Å². The number of nitrogens with zero attached hydrogens (tertiary/aromatic N) is 1. The van der Waals surface area contributed by atoms with Crippen LogP contribution in [0.25, 0.3) is 0 Å². The van der Waals surface area contributed by atoms with Gasteiger partial charge in [0, 0.05) is 25.7 Å². The van der Waals surface area contributed by atoms with Crippen molar-refractivity contribution >= 4 is 42.9 Å². The molecule has 3 atom stereocenters. The Morgan fingerprint density at radius 3 is 2.02 bits per heavy atom. The van der Waals surface area contributed by atoms with Crippen LogP contribution in [0, 0.1) is 18.8 Å². The van der Waals surface area contributed by atoms with E-state index in [0.717, 1.165) is 29.9 Å². The van der Waals surface area contributed by atoms with Gasteiger partial charge in [-0.2, -0.15) is 0 Å². The highest BCUT2D eigenvalue weighted by Crippen LogP contribution is 2.44. The summed E-state index contributed by atoms with van der Waals surface area (Å²) in [6.07, 6.45) is -0.632. The van der Waals surface area contributed by atoms with Crippen LogP contribution in [0.4, 0.5) is 21.9 Å². The SMILES string of the molecule is CC[C@@H](CC(=O)OC(C)OC(=O)Cc1ccc(OP(=O)(O)OCc2ccccc2)cc1)c1ccc(N(CC(C)C)CC(C)C)c(NC(=O)Nc2ccc(C)cc2)c1. The first-order valence-corrected chi connectivity index (χ1v) is 20.8. The molecule has 0 radical (unpaired) electrons. The fourth-order valence-corrected chi connectivity index (χ4v) is 6.92. The molecule has 2 unspecified atom stereocenters. The Labute approximate surface area is 336 Å². The van der Waals surface area contributed by atoms with E-state index in [4.69, 9.17) is 18.5 Å². The minimum absolute atomic E-state index is 0.0275. The number of anilines is 3. The van der Waals surface area contributed by atoms with Crippen molar-refractivity contribution in [2.24, 2.45) is 11.8 Å². The Bertz CT molecular complexity index is 1940. The minimum Gasteiger partial charge on any atom is -0.425 e. The van der Waals surface area contributed by atoms with Gasteiger partial charge in [-0.3, -0.25) is 19.0 Å². The summed E-state index contributed by atoms with van der Waals surface area (Å²) < 4.78 is 33.5. The molecule has 2 amide bonds. The molecule has 13 heteroatoms. The Morgan fingerprint density at radius 1 is 0.772 bits per heavy atom. The van der Waals surface area contributed by atoms with Crippen LogP contribution in [0.5, 0.6) is 5.75 Å². The van der Waals surface area contributed by atoms with Gasteiger partial charge in [0.1, 0.15) is 5.75 Å². The molecule has 4 aromatic carbocycles. The molecule has 306 valence electrons. The van der Waals surface area contributed by atoms with Crippen LogP contribution in [0.2, 0.25) is 0 Å². The van der Waals surface area contributed by atoms with Crippen molar-refractivity contribution in [3.05, 3.63) is 119 Å². The highest BCUT2D eigenvalue weighted by Gasteiger charge is 2.25. The Morgan fingerprint density at radius 2 is 1.40 bits per heavy atom. The lowest BCUT2D eigenvalue weighted by atomic mass is 9.92. The molecule has 0 bridgehead atoms. The monoisotopic (exact) mass is 801 g/mol. The molecule has 3 N–H and O–H groups in total. The van der Waals surface area contributed by atoms with Gasteiger partial charge in [-0.25, -0.2) is 9.36 Å². The van der Waals surface area contributed by atoms with Crippen LogP contribution >= 0.6 is 7.82 Å². The maximum atomic E-state index is 13.3. The number of amides is 2. The van der Waals surface area contributed by atoms with Gasteiger partial charge in [-0.15, -0.1) is 0 Å². The molecule has 0 heterocycles. The van der Waals surface area contributed by atoms with E-state index >= 15 is 0 Å². The second-order valence-corrected chi connectivity index (χ2v) is 16.3. The van der Waals surface area contributed by atoms with Gasteiger partial charge in [0.15, 0.2) is 0 Å². The fraction of sp³-hybridized carbons (Fsp3) is 0.386. The lowest BCUT2D eigenvalue weighted by Gasteiger charge is -2.31. The number of carbonyl (C=O) groups is 3. The Balaban J connectivity index is 1.35. The number of urea groups is 1. The predicted octanol–water partition coefficient (Wildman–Crippen LogP) is 10.0. The number of hydrogen-bond donors (Lipinski definition) is 3. The van der Waals surface area contributed by atoms with Crippen molar-refractivity contribution in [3.8, 4) is 5.75 Å². The average Bonchev–Trinajstić information content (AvgIpc) is 3.14. The van der Waals surface area contributed by atoms with E-state index in [9.17, 15) is 23.8 Å². The summed E-state index contributed by atoms with van der Waals surface area (Å²) >= 11 is 0. The number of phosphoric acid groups is 1. The molecule has 0 fully saturated rings. The lowest BCUT2D eigenvalue weighted by molar-refractivity contribution is -0.184. The third-order valence-electron chi connectivity index (χ3n) is 8.79. The van der Waals surface area contributed by atoms with Gasteiger partial charge in [-0.1, -0.05) is 101 Å². The predicted molar refractivity (Wildman–Crippen MR) is 223 cm³/mol. The van der Waals surface area contributed by atoms with E-state index in [1.165, 1.54) is 19.1 Å². The number of nitrogens with one attached hydrogen (secondary N) is 2. The van der Waals surface area contributed by atoms with Crippen LogP contribution in [-0.4, -0.2) is 42.2 Å². The number of esters is 2. The van der Waals surface area contributed by atoms with Gasteiger partial charge in [0.2, 0.25) is 6.29 Å². The number of rotatable bonds is 20. The molecule has 0 aliphatic carbocycles. The molecule has 4 aromatic rings. The van der Waals surface area contributed by atoms with Crippen molar-refractivity contribution in [2.75, 3.05) is 28.6 Å². The molecule has 57 heavy (non-hydrogen) atoms. The summed E-state index contributed by atoms with van der Waals surface area (Å²) in [4.78, 5) is 51.5. The largest absolute Gasteiger partial charge is 0.527 e. The summed E-state index contributed by atoms with van der Waals surface area (Å²) in [7, 11) is -4.39. The van der Waals surface area contributed by atoms with E-state index in [0.29, 0.717) is 40.8 Å². The van der Waals surface area contributed by atoms with Gasteiger partial charge >= 0.3 is 25.8 Å². The summed E-state index contributed by atoms with van der Waals surface area (Å²) in [5.74, 6) is -0.553. The second-order valence-electron chi connectivity index (χ2n) is 14.9. The highest BCUT2D eigenvalue weighted by atomic mass is 31.2. The maximum absolute atomic E-state index is 13.3. The van der Waals surface area contributed by atoms with E-state index in [1.54, 1.807) is 36.4 Å². The van der Waals surface area contributed by atoms with Crippen LogP contribution < -0.4 is 20.1 Å². The zero-order valence-corrected chi connectivity index (χ0v) is 34.8. The standard InChI is InChI=1S/C44H56N3O9P/c1-8-36(37-18-23-41(47(27-30(2)3)28-31(4)5)40(25-37)46-44(50)45-38-19-14-32(6)15-20-38)26-43(49)55-33(7)54-42(48)24-34-16-21-39(22-17-34)56-57(51,52)53-29-35-12-10-9-11-13-35/h9-23,25,30-31,33,36H,8,24,26-29H2,1-7H3,(H,51,52)(H2,45,46,50)/t33?,36-/m0/s1.